The molecule has 1 aliphatic carbocycles. The lowest BCUT2D eigenvalue weighted by molar-refractivity contribution is -0.135. The normalized spacial score (nSPS) is 22.4. The van der Waals surface area contributed by atoms with Crippen LogP contribution in [0.2, 0.25) is 0 Å². The van der Waals surface area contributed by atoms with Crippen molar-refractivity contribution < 1.29 is 4.79 Å². The maximum Gasteiger partial charge on any atom is 0.236 e. The fraction of sp³-hybridized carbons (Fsp3) is 0.632. The van der Waals surface area contributed by atoms with Crippen LogP contribution in [0.25, 0.3) is 11.0 Å². The van der Waals surface area contributed by atoms with Gasteiger partial charge in [0.05, 0.1) is 23.8 Å². The molecule has 1 amide bonds. The lowest BCUT2D eigenvalue weighted by Gasteiger charge is -2.43. The molecule has 3 aliphatic rings. The summed E-state index contributed by atoms with van der Waals surface area (Å²) >= 11 is 0. The molecule has 0 bridgehead atoms. The van der Waals surface area contributed by atoms with Crippen molar-refractivity contribution in [2.45, 2.75) is 38.4 Å². The number of rotatable bonds is 3. The number of hydrogen-bond donors (Lipinski definition) is 0. The number of amides is 1. The smallest absolute Gasteiger partial charge is 0.236 e. The van der Waals surface area contributed by atoms with Crippen LogP contribution in [0.5, 0.6) is 0 Å². The lowest BCUT2D eigenvalue weighted by Crippen LogP contribution is -2.55. The highest BCUT2D eigenvalue weighted by atomic mass is 16.2. The highest BCUT2D eigenvalue weighted by Gasteiger charge is 2.30. The zero-order valence-corrected chi connectivity index (χ0v) is 15.2. The Bertz CT molecular complexity index is 805. The summed E-state index contributed by atoms with van der Waals surface area (Å²) in [5.74, 6) is 0.280. The Hall–Kier alpha value is -1.99. The van der Waals surface area contributed by atoms with E-state index in [9.17, 15) is 4.79 Å². The van der Waals surface area contributed by atoms with E-state index in [4.69, 9.17) is 0 Å². The maximum absolute atomic E-state index is 12.7. The standard InChI is InChI=1S/C19H26N6O/c26-19(24-7-5-23(6-8-24)15-2-1-3-15)13-22-4-9-25-16(12-22)10-17-18(25)11-20-14-21-17/h10-11,14-15H,1-9,12-13H2. The van der Waals surface area contributed by atoms with E-state index in [0.29, 0.717) is 6.54 Å². The summed E-state index contributed by atoms with van der Waals surface area (Å²) < 4.78 is 2.29. The van der Waals surface area contributed by atoms with Gasteiger partial charge in [0.15, 0.2) is 0 Å². The summed E-state index contributed by atoms with van der Waals surface area (Å²) in [5, 5.41) is 0. The Balaban J connectivity index is 1.19. The van der Waals surface area contributed by atoms with E-state index in [1.165, 1.54) is 25.0 Å². The summed E-state index contributed by atoms with van der Waals surface area (Å²) in [6.45, 7) is 7.00. The predicted octanol–water partition coefficient (Wildman–Crippen LogP) is 0.944. The van der Waals surface area contributed by atoms with Gasteiger partial charge in [-0.15, -0.1) is 0 Å². The van der Waals surface area contributed by atoms with Crippen molar-refractivity contribution in [3.8, 4) is 0 Å². The largest absolute Gasteiger partial charge is 0.339 e. The van der Waals surface area contributed by atoms with Crippen LogP contribution in [0, 0.1) is 0 Å². The number of aromatic nitrogens is 3. The van der Waals surface area contributed by atoms with Crippen LogP contribution < -0.4 is 0 Å². The third-order valence-electron chi connectivity index (χ3n) is 6.31. The summed E-state index contributed by atoms with van der Waals surface area (Å²) in [6, 6.07) is 2.92. The molecule has 2 aromatic heterocycles. The first kappa shape index (κ1) is 16.2. The van der Waals surface area contributed by atoms with Gasteiger partial charge in [-0.1, -0.05) is 6.42 Å². The summed E-state index contributed by atoms with van der Waals surface area (Å²) in [7, 11) is 0. The van der Waals surface area contributed by atoms with Crippen molar-refractivity contribution in [1.82, 2.24) is 29.2 Å². The average Bonchev–Trinajstić information content (AvgIpc) is 2.98. The average molecular weight is 354 g/mol. The van der Waals surface area contributed by atoms with Gasteiger partial charge in [-0.05, 0) is 18.9 Å². The van der Waals surface area contributed by atoms with Gasteiger partial charge in [-0.2, -0.15) is 0 Å². The fourth-order valence-electron chi connectivity index (χ4n) is 4.50. The molecule has 0 N–H and O–H groups in total. The molecule has 0 aromatic carbocycles. The number of nitrogens with zero attached hydrogens (tertiary/aromatic N) is 6. The monoisotopic (exact) mass is 354 g/mol. The Kier molecular flexibility index (Phi) is 4.13. The number of carbonyl (C=O) groups is 1. The first-order valence-corrected chi connectivity index (χ1v) is 9.80. The van der Waals surface area contributed by atoms with Crippen LogP contribution in [0.3, 0.4) is 0 Å². The third kappa shape index (κ3) is 2.89. The van der Waals surface area contributed by atoms with E-state index in [1.807, 2.05) is 6.20 Å². The number of carbonyl (C=O) groups excluding carboxylic acids is 1. The molecule has 1 saturated carbocycles. The molecule has 0 radical (unpaired) electrons. The summed E-state index contributed by atoms with van der Waals surface area (Å²) in [5.41, 5.74) is 3.32. The van der Waals surface area contributed by atoms with Crippen molar-refractivity contribution in [2.24, 2.45) is 0 Å². The van der Waals surface area contributed by atoms with Gasteiger partial charge in [-0.3, -0.25) is 14.6 Å². The van der Waals surface area contributed by atoms with E-state index >= 15 is 0 Å². The first-order valence-electron chi connectivity index (χ1n) is 9.80. The van der Waals surface area contributed by atoms with Crippen LogP contribution in [-0.2, 0) is 17.9 Å². The zero-order valence-electron chi connectivity index (χ0n) is 15.2. The van der Waals surface area contributed by atoms with Crippen LogP contribution >= 0.6 is 0 Å². The van der Waals surface area contributed by atoms with E-state index in [0.717, 1.165) is 62.9 Å². The maximum atomic E-state index is 12.7. The van der Waals surface area contributed by atoms with Gasteiger partial charge in [0, 0.05) is 57.5 Å². The molecule has 0 unspecified atom stereocenters. The van der Waals surface area contributed by atoms with Crippen molar-refractivity contribution >= 4 is 16.9 Å². The molecule has 2 aromatic rings. The van der Waals surface area contributed by atoms with Crippen molar-refractivity contribution in [3.63, 3.8) is 0 Å². The Labute approximate surface area is 153 Å². The minimum atomic E-state index is 0.280. The third-order valence-corrected chi connectivity index (χ3v) is 6.31. The zero-order chi connectivity index (χ0) is 17.5. The number of fused-ring (bicyclic) bond motifs is 3. The van der Waals surface area contributed by atoms with Crippen LogP contribution in [-0.4, -0.2) is 80.5 Å². The van der Waals surface area contributed by atoms with E-state index < -0.39 is 0 Å². The molecule has 4 heterocycles. The topological polar surface area (TPSA) is 57.5 Å². The van der Waals surface area contributed by atoms with Gasteiger partial charge >= 0.3 is 0 Å². The summed E-state index contributed by atoms with van der Waals surface area (Å²) in [6.07, 6.45) is 7.55. The molecule has 2 aliphatic heterocycles. The van der Waals surface area contributed by atoms with Crippen LogP contribution in [0.1, 0.15) is 25.0 Å². The molecule has 0 spiro atoms. The molecule has 5 rings (SSSR count). The van der Waals surface area contributed by atoms with Gasteiger partial charge in [0.25, 0.3) is 0 Å². The molecule has 1 saturated heterocycles. The van der Waals surface area contributed by atoms with Crippen LogP contribution in [0.4, 0.5) is 0 Å². The Morgan fingerprint density at radius 2 is 1.96 bits per heavy atom. The first-order chi connectivity index (χ1) is 12.8. The van der Waals surface area contributed by atoms with E-state index in [2.05, 4.69) is 35.3 Å². The van der Waals surface area contributed by atoms with Crippen molar-refractivity contribution in [1.29, 1.82) is 0 Å². The van der Waals surface area contributed by atoms with Crippen molar-refractivity contribution in [3.05, 3.63) is 24.3 Å². The molecule has 7 heteroatoms. The van der Waals surface area contributed by atoms with Crippen LogP contribution in [0.15, 0.2) is 18.6 Å². The summed E-state index contributed by atoms with van der Waals surface area (Å²) in [4.78, 5) is 28.1. The predicted molar refractivity (Wildman–Crippen MR) is 98.6 cm³/mol. The number of hydrogen-bond acceptors (Lipinski definition) is 5. The minimum absolute atomic E-state index is 0.280. The van der Waals surface area contributed by atoms with E-state index in [-0.39, 0.29) is 5.91 Å². The Morgan fingerprint density at radius 1 is 1.12 bits per heavy atom. The molecule has 2 fully saturated rings. The number of piperazine rings is 1. The Morgan fingerprint density at radius 3 is 2.73 bits per heavy atom. The second-order valence-corrected chi connectivity index (χ2v) is 7.79. The second kappa shape index (κ2) is 6.63. The molecule has 26 heavy (non-hydrogen) atoms. The van der Waals surface area contributed by atoms with Gasteiger partial charge in [0.2, 0.25) is 5.91 Å². The van der Waals surface area contributed by atoms with Gasteiger partial charge in [0.1, 0.15) is 6.33 Å². The molecule has 138 valence electrons. The second-order valence-electron chi connectivity index (χ2n) is 7.79. The van der Waals surface area contributed by atoms with Gasteiger partial charge < -0.3 is 9.47 Å². The van der Waals surface area contributed by atoms with Crippen molar-refractivity contribution in [2.75, 3.05) is 39.3 Å². The minimum Gasteiger partial charge on any atom is -0.339 e. The quantitative estimate of drug-likeness (QED) is 0.821. The molecular formula is C19H26N6O. The molecular weight excluding hydrogens is 328 g/mol. The van der Waals surface area contributed by atoms with E-state index in [1.54, 1.807) is 6.33 Å². The molecule has 7 nitrogen and oxygen atoms in total. The SMILES string of the molecule is O=C(CN1CCn2c(cc3ncncc32)C1)N1CCN(C2CCC2)CC1. The highest BCUT2D eigenvalue weighted by Crippen LogP contribution is 2.26. The lowest BCUT2D eigenvalue weighted by atomic mass is 9.91. The fourth-order valence-corrected chi connectivity index (χ4v) is 4.50. The highest BCUT2D eigenvalue weighted by molar-refractivity contribution is 5.79. The van der Waals surface area contributed by atoms with Gasteiger partial charge in [-0.25, -0.2) is 9.97 Å². The molecule has 0 atom stereocenters.